The number of benzene rings is 1. The van der Waals surface area contributed by atoms with Gasteiger partial charge in [0.25, 0.3) is 5.91 Å². The molecular weight excluding hydrogens is 367 g/mol. The number of rotatable bonds is 6. The SMILES string of the molecule is CCOC(=O)c1[nH]c2ccc(F)cc2c1NC(=O)C[NH+]1CCC(C(N)=O)CC1. The van der Waals surface area contributed by atoms with Gasteiger partial charge in [-0.15, -0.1) is 0 Å². The zero-order chi connectivity index (χ0) is 20.3. The molecule has 2 heterocycles. The predicted molar refractivity (Wildman–Crippen MR) is 100 cm³/mol. The molecule has 1 aliphatic rings. The molecule has 1 aromatic heterocycles. The summed E-state index contributed by atoms with van der Waals surface area (Å²) >= 11 is 0. The quantitative estimate of drug-likeness (QED) is 0.526. The van der Waals surface area contributed by atoms with Gasteiger partial charge in [-0.2, -0.15) is 0 Å². The summed E-state index contributed by atoms with van der Waals surface area (Å²) in [7, 11) is 0. The minimum atomic E-state index is -0.621. The molecule has 9 heteroatoms. The highest BCUT2D eigenvalue weighted by molar-refractivity contribution is 6.11. The number of quaternary nitrogens is 1. The molecule has 5 N–H and O–H groups in total. The molecule has 2 amide bonds. The summed E-state index contributed by atoms with van der Waals surface area (Å²) in [5.74, 6) is -1.84. The van der Waals surface area contributed by atoms with Gasteiger partial charge in [0.05, 0.1) is 25.4 Å². The van der Waals surface area contributed by atoms with Gasteiger partial charge in [-0.1, -0.05) is 0 Å². The molecule has 28 heavy (non-hydrogen) atoms. The second kappa shape index (κ2) is 8.39. The van der Waals surface area contributed by atoms with Crippen LogP contribution in [0.3, 0.4) is 0 Å². The molecule has 150 valence electrons. The number of aromatic amines is 1. The smallest absolute Gasteiger partial charge is 0.356 e. The van der Waals surface area contributed by atoms with E-state index in [0.717, 1.165) is 4.90 Å². The van der Waals surface area contributed by atoms with Gasteiger partial charge in [-0.25, -0.2) is 9.18 Å². The number of hydrogen-bond acceptors (Lipinski definition) is 4. The van der Waals surface area contributed by atoms with E-state index in [-0.39, 0.29) is 42.3 Å². The molecule has 0 spiro atoms. The fraction of sp³-hybridized carbons (Fsp3) is 0.421. The number of halogens is 1. The Bertz CT molecular complexity index is 903. The summed E-state index contributed by atoms with van der Waals surface area (Å²) in [5, 5.41) is 3.13. The van der Waals surface area contributed by atoms with E-state index in [9.17, 15) is 18.8 Å². The maximum Gasteiger partial charge on any atom is 0.356 e. The third-order valence-electron chi connectivity index (χ3n) is 5.01. The van der Waals surface area contributed by atoms with Crippen LogP contribution in [0.1, 0.15) is 30.3 Å². The number of primary amides is 1. The number of aromatic nitrogens is 1. The van der Waals surface area contributed by atoms with Crippen molar-refractivity contribution in [3.05, 3.63) is 29.7 Å². The molecule has 1 aromatic carbocycles. The molecule has 0 atom stereocenters. The van der Waals surface area contributed by atoms with Crippen molar-refractivity contribution >= 4 is 34.4 Å². The highest BCUT2D eigenvalue weighted by atomic mass is 19.1. The Balaban J connectivity index is 1.76. The molecule has 0 radical (unpaired) electrons. The van der Waals surface area contributed by atoms with Gasteiger partial charge in [0.2, 0.25) is 5.91 Å². The number of anilines is 1. The standard InChI is InChI=1S/C19H23FN4O4/c1-2-28-19(27)17-16(13-9-12(20)3-4-14(13)22-17)23-15(25)10-24-7-5-11(6-8-24)18(21)26/h3-4,9,11,22H,2,5-8,10H2,1H3,(H2,21,26)(H,23,25)/p+1. The van der Waals surface area contributed by atoms with Crippen LogP contribution in [0.4, 0.5) is 10.1 Å². The van der Waals surface area contributed by atoms with Crippen LogP contribution in [0.5, 0.6) is 0 Å². The van der Waals surface area contributed by atoms with E-state index in [1.807, 2.05) is 0 Å². The normalized spacial score (nSPS) is 19.4. The first kappa shape index (κ1) is 19.8. The number of hydrogen-bond donors (Lipinski definition) is 4. The van der Waals surface area contributed by atoms with Crippen molar-refractivity contribution in [2.75, 3.05) is 31.6 Å². The van der Waals surface area contributed by atoms with Gasteiger partial charge in [-0.05, 0) is 25.1 Å². The summed E-state index contributed by atoms with van der Waals surface area (Å²) in [6.07, 6.45) is 1.29. The Hall–Kier alpha value is -2.94. The molecule has 8 nitrogen and oxygen atoms in total. The van der Waals surface area contributed by atoms with Crippen molar-refractivity contribution < 1.29 is 28.4 Å². The Morgan fingerprint density at radius 1 is 1.32 bits per heavy atom. The van der Waals surface area contributed by atoms with E-state index >= 15 is 0 Å². The second-order valence-electron chi connectivity index (χ2n) is 6.94. The first-order valence-electron chi connectivity index (χ1n) is 9.30. The molecular formula is C19H24FN4O4+. The minimum Gasteiger partial charge on any atom is -0.461 e. The van der Waals surface area contributed by atoms with E-state index in [1.54, 1.807) is 6.92 Å². The van der Waals surface area contributed by atoms with Gasteiger partial charge in [0.15, 0.2) is 6.54 Å². The largest absolute Gasteiger partial charge is 0.461 e. The zero-order valence-electron chi connectivity index (χ0n) is 15.6. The van der Waals surface area contributed by atoms with Gasteiger partial charge in [0, 0.05) is 29.7 Å². The van der Waals surface area contributed by atoms with Crippen LogP contribution in [-0.2, 0) is 14.3 Å². The number of esters is 1. The first-order valence-corrected chi connectivity index (χ1v) is 9.30. The molecule has 0 unspecified atom stereocenters. The second-order valence-corrected chi connectivity index (χ2v) is 6.94. The molecule has 0 saturated carbocycles. The number of ether oxygens (including phenoxy) is 1. The number of amides is 2. The van der Waals surface area contributed by atoms with Crippen molar-refractivity contribution in [2.24, 2.45) is 11.7 Å². The third-order valence-corrected chi connectivity index (χ3v) is 5.01. The van der Waals surface area contributed by atoms with Gasteiger partial charge in [-0.3, -0.25) is 9.59 Å². The number of nitrogens with one attached hydrogen (secondary N) is 3. The van der Waals surface area contributed by atoms with Crippen molar-refractivity contribution in [2.45, 2.75) is 19.8 Å². The lowest BCUT2D eigenvalue weighted by molar-refractivity contribution is -0.897. The van der Waals surface area contributed by atoms with E-state index in [0.29, 0.717) is 36.8 Å². The Kier molecular flexibility index (Phi) is 5.93. The van der Waals surface area contributed by atoms with Crippen LogP contribution < -0.4 is 16.0 Å². The predicted octanol–water partition coefficient (Wildman–Crippen LogP) is 0.202. The van der Waals surface area contributed by atoms with E-state index in [2.05, 4.69) is 10.3 Å². The Labute approximate surface area is 161 Å². The summed E-state index contributed by atoms with van der Waals surface area (Å²) < 4.78 is 18.7. The number of carbonyl (C=O) groups excluding carboxylic acids is 3. The van der Waals surface area contributed by atoms with E-state index < -0.39 is 11.8 Å². The van der Waals surface area contributed by atoms with Crippen molar-refractivity contribution in [3.63, 3.8) is 0 Å². The highest BCUT2D eigenvalue weighted by Crippen LogP contribution is 2.29. The number of likely N-dealkylation sites (tertiary alicyclic amines) is 1. The zero-order valence-corrected chi connectivity index (χ0v) is 15.6. The minimum absolute atomic E-state index is 0.0817. The van der Waals surface area contributed by atoms with Gasteiger partial charge < -0.3 is 25.7 Å². The third kappa shape index (κ3) is 4.30. The number of carbonyl (C=O) groups is 3. The van der Waals surface area contributed by atoms with Crippen molar-refractivity contribution in [1.82, 2.24) is 4.98 Å². The van der Waals surface area contributed by atoms with Crippen LogP contribution in [-0.4, -0.2) is 49.0 Å². The Morgan fingerprint density at radius 3 is 2.68 bits per heavy atom. The number of H-pyrrole nitrogens is 1. The summed E-state index contributed by atoms with van der Waals surface area (Å²) in [6, 6.07) is 4.03. The van der Waals surface area contributed by atoms with E-state index in [1.165, 1.54) is 18.2 Å². The molecule has 0 aliphatic carbocycles. The number of fused-ring (bicyclic) bond motifs is 1. The van der Waals surface area contributed by atoms with E-state index in [4.69, 9.17) is 10.5 Å². The first-order chi connectivity index (χ1) is 13.4. The average Bonchev–Trinajstić information content (AvgIpc) is 3.00. The van der Waals surface area contributed by atoms with Gasteiger partial charge in [0.1, 0.15) is 11.5 Å². The lowest BCUT2D eigenvalue weighted by Crippen LogP contribution is -3.14. The van der Waals surface area contributed by atoms with Crippen LogP contribution >= 0.6 is 0 Å². The molecule has 1 saturated heterocycles. The van der Waals surface area contributed by atoms with Crippen molar-refractivity contribution in [1.29, 1.82) is 0 Å². The summed E-state index contributed by atoms with van der Waals surface area (Å²) in [5.41, 5.74) is 6.15. The van der Waals surface area contributed by atoms with Crippen LogP contribution in [0.2, 0.25) is 0 Å². The Morgan fingerprint density at radius 2 is 2.04 bits per heavy atom. The maximum atomic E-state index is 13.7. The lowest BCUT2D eigenvalue weighted by Gasteiger charge is -2.27. The highest BCUT2D eigenvalue weighted by Gasteiger charge is 2.28. The molecule has 0 bridgehead atoms. The average molecular weight is 391 g/mol. The fourth-order valence-corrected chi connectivity index (χ4v) is 3.55. The molecule has 2 aromatic rings. The van der Waals surface area contributed by atoms with Crippen molar-refractivity contribution in [3.8, 4) is 0 Å². The fourth-order valence-electron chi connectivity index (χ4n) is 3.55. The lowest BCUT2D eigenvalue weighted by atomic mass is 9.96. The van der Waals surface area contributed by atoms with Crippen LogP contribution in [0.15, 0.2) is 18.2 Å². The summed E-state index contributed by atoms with van der Waals surface area (Å²) in [6.45, 7) is 3.35. The van der Waals surface area contributed by atoms with Gasteiger partial charge >= 0.3 is 5.97 Å². The van der Waals surface area contributed by atoms with Crippen LogP contribution in [0.25, 0.3) is 10.9 Å². The summed E-state index contributed by atoms with van der Waals surface area (Å²) in [4.78, 5) is 40.0. The molecule has 3 rings (SSSR count). The number of piperidine rings is 1. The topological polar surface area (TPSA) is 119 Å². The monoisotopic (exact) mass is 391 g/mol. The molecule has 1 fully saturated rings. The maximum absolute atomic E-state index is 13.7. The number of nitrogens with two attached hydrogens (primary N) is 1. The molecule has 1 aliphatic heterocycles. The van der Waals surface area contributed by atoms with Crippen LogP contribution in [0, 0.1) is 11.7 Å².